The SMILES string of the molecule is COc1ccc(S(=O)(=O)N(C)C[C@@H]2OCCCC[C@@H](C)Oc3ccc(NS(=O)(=O)c4ccc(C)cc4)cc3C(=O)N([C@H](C)CO)C[C@@H]2C)cc1. The molecule has 0 bridgehead atoms. The molecule has 0 saturated heterocycles. The molecule has 0 spiro atoms. The summed E-state index contributed by atoms with van der Waals surface area (Å²) in [6.07, 6.45) is 1.24. The van der Waals surface area contributed by atoms with Gasteiger partial charge < -0.3 is 24.2 Å². The van der Waals surface area contributed by atoms with Crippen LogP contribution < -0.4 is 14.2 Å². The van der Waals surface area contributed by atoms with Gasteiger partial charge in [-0.15, -0.1) is 0 Å². The highest BCUT2D eigenvalue weighted by Gasteiger charge is 2.32. The third-order valence-corrected chi connectivity index (χ3v) is 12.1. The van der Waals surface area contributed by atoms with Crippen LogP contribution in [0.2, 0.25) is 0 Å². The molecule has 3 aromatic rings. The van der Waals surface area contributed by atoms with Gasteiger partial charge in [0.1, 0.15) is 11.5 Å². The zero-order valence-corrected chi connectivity index (χ0v) is 31.2. The molecular weight excluding hydrogens is 683 g/mol. The molecule has 4 rings (SSSR count). The minimum absolute atomic E-state index is 0.0199. The number of methoxy groups -OCH3 is 1. The van der Waals surface area contributed by atoms with E-state index in [-0.39, 0.29) is 52.8 Å². The standard InChI is InChI=1S/C36H49N3O9S2/c1-25-10-15-31(16-11-25)49(42,43)37-29-12-19-34-33(21-29)36(41)39(27(3)24-40)22-26(2)35(47-20-8-7-9-28(4)48-34)23-38(5)50(44,45)32-17-13-30(46-6)14-18-32/h10-19,21,26-28,35,37,40H,7-9,20,22-24H2,1-6H3/t26-,27+,28+,35-/m0/s1. The number of hydrogen-bond donors (Lipinski definition) is 2. The Balaban J connectivity index is 1.66. The van der Waals surface area contributed by atoms with Crippen LogP contribution in [-0.4, -0.2) is 95.8 Å². The van der Waals surface area contributed by atoms with Crippen molar-refractivity contribution in [2.24, 2.45) is 5.92 Å². The molecule has 0 aliphatic carbocycles. The van der Waals surface area contributed by atoms with Crippen molar-refractivity contribution in [3.05, 3.63) is 77.9 Å². The van der Waals surface area contributed by atoms with Crippen LogP contribution in [0.3, 0.4) is 0 Å². The fraction of sp³-hybridized carbons (Fsp3) is 0.472. The van der Waals surface area contributed by atoms with E-state index in [0.717, 1.165) is 12.0 Å². The van der Waals surface area contributed by atoms with Gasteiger partial charge in [0.15, 0.2) is 0 Å². The number of ether oxygens (including phenoxy) is 3. The van der Waals surface area contributed by atoms with Crippen LogP contribution in [0.1, 0.15) is 56.0 Å². The summed E-state index contributed by atoms with van der Waals surface area (Å²) in [5, 5.41) is 10.2. The largest absolute Gasteiger partial charge is 0.497 e. The molecule has 1 amide bonds. The molecule has 1 aliphatic rings. The molecule has 1 heterocycles. The number of nitrogens with one attached hydrogen (secondary N) is 1. The van der Waals surface area contributed by atoms with Crippen LogP contribution in [0.25, 0.3) is 0 Å². The highest BCUT2D eigenvalue weighted by molar-refractivity contribution is 7.92. The van der Waals surface area contributed by atoms with E-state index in [0.29, 0.717) is 30.9 Å². The molecule has 0 saturated carbocycles. The van der Waals surface area contributed by atoms with Gasteiger partial charge in [-0.3, -0.25) is 9.52 Å². The van der Waals surface area contributed by atoms with E-state index in [4.69, 9.17) is 14.2 Å². The predicted octanol–water partition coefficient (Wildman–Crippen LogP) is 4.92. The molecule has 0 unspecified atom stereocenters. The smallest absolute Gasteiger partial charge is 0.261 e. The Kier molecular flexibility index (Phi) is 13.3. The summed E-state index contributed by atoms with van der Waals surface area (Å²) in [5.74, 6) is -0.0314. The van der Waals surface area contributed by atoms with E-state index in [9.17, 15) is 26.7 Å². The third-order valence-electron chi connectivity index (χ3n) is 8.84. The molecule has 0 aromatic heterocycles. The molecule has 14 heteroatoms. The topological polar surface area (TPSA) is 152 Å². The summed E-state index contributed by atoms with van der Waals surface area (Å²) in [6, 6.07) is 16.5. The van der Waals surface area contributed by atoms with Gasteiger partial charge in [0.2, 0.25) is 10.0 Å². The number of carbonyl (C=O) groups is 1. The van der Waals surface area contributed by atoms with Crippen molar-refractivity contribution in [3.8, 4) is 11.5 Å². The maximum absolute atomic E-state index is 14.4. The summed E-state index contributed by atoms with van der Waals surface area (Å²) < 4.78 is 75.1. The molecule has 3 aromatic carbocycles. The summed E-state index contributed by atoms with van der Waals surface area (Å²) in [6.45, 7) is 7.50. The minimum Gasteiger partial charge on any atom is -0.497 e. The van der Waals surface area contributed by atoms with Crippen molar-refractivity contribution < 1.29 is 40.9 Å². The van der Waals surface area contributed by atoms with Gasteiger partial charge in [0.05, 0.1) is 47.3 Å². The second-order valence-corrected chi connectivity index (χ2v) is 16.6. The van der Waals surface area contributed by atoms with Crippen molar-refractivity contribution in [3.63, 3.8) is 0 Å². The molecule has 2 N–H and O–H groups in total. The second-order valence-electron chi connectivity index (χ2n) is 12.9. The van der Waals surface area contributed by atoms with Gasteiger partial charge in [-0.25, -0.2) is 16.8 Å². The second kappa shape index (κ2) is 17.0. The van der Waals surface area contributed by atoms with Gasteiger partial charge in [-0.2, -0.15) is 4.31 Å². The number of fused-ring (bicyclic) bond motifs is 1. The molecule has 4 atom stereocenters. The first-order chi connectivity index (χ1) is 23.7. The van der Waals surface area contributed by atoms with E-state index in [2.05, 4.69) is 4.72 Å². The number of nitrogens with zero attached hydrogens (tertiary/aromatic N) is 2. The van der Waals surface area contributed by atoms with Crippen LogP contribution in [-0.2, 0) is 24.8 Å². The zero-order valence-electron chi connectivity index (χ0n) is 29.5. The van der Waals surface area contributed by atoms with Crippen molar-refractivity contribution in [2.75, 3.05) is 45.2 Å². The first kappa shape index (κ1) is 39.1. The van der Waals surface area contributed by atoms with E-state index in [1.165, 1.54) is 53.7 Å². The Hall–Kier alpha value is -3.69. The van der Waals surface area contributed by atoms with Crippen LogP contribution in [0.15, 0.2) is 76.5 Å². The van der Waals surface area contributed by atoms with Crippen LogP contribution >= 0.6 is 0 Å². The fourth-order valence-electron chi connectivity index (χ4n) is 5.66. The Labute approximate surface area is 296 Å². The lowest BCUT2D eigenvalue weighted by atomic mass is 10.0. The average molecular weight is 732 g/mol. The Morgan fingerprint density at radius 3 is 2.30 bits per heavy atom. The van der Waals surface area contributed by atoms with Crippen molar-refractivity contribution >= 4 is 31.6 Å². The maximum Gasteiger partial charge on any atom is 0.261 e. The Morgan fingerprint density at radius 2 is 1.66 bits per heavy atom. The van der Waals surface area contributed by atoms with E-state index < -0.39 is 38.1 Å². The van der Waals surface area contributed by atoms with Gasteiger partial charge in [-0.1, -0.05) is 24.6 Å². The summed E-state index contributed by atoms with van der Waals surface area (Å²) in [7, 11) is -4.84. The summed E-state index contributed by atoms with van der Waals surface area (Å²) in [5.41, 5.74) is 1.21. The van der Waals surface area contributed by atoms with Gasteiger partial charge in [0, 0.05) is 38.3 Å². The molecule has 12 nitrogen and oxygen atoms in total. The van der Waals surface area contributed by atoms with Crippen molar-refractivity contribution in [2.45, 2.75) is 75.0 Å². The average Bonchev–Trinajstić information content (AvgIpc) is 3.09. The lowest BCUT2D eigenvalue weighted by molar-refractivity contribution is -0.00833. The zero-order chi connectivity index (χ0) is 36.6. The van der Waals surface area contributed by atoms with Gasteiger partial charge in [0.25, 0.3) is 15.9 Å². The number of aryl methyl sites for hydroxylation is 1. The predicted molar refractivity (Wildman–Crippen MR) is 192 cm³/mol. The highest BCUT2D eigenvalue weighted by Crippen LogP contribution is 2.30. The monoisotopic (exact) mass is 731 g/mol. The number of carbonyl (C=O) groups excluding carboxylic acids is 1. The summed E-state index contributed by atoms with van der Waals surface area (Å²) in [4.78, 5) is 16.1. The maximum atomic E-state index is 14.4. The number of aliphatic hydroxyl groups is 1. The molecular formula is C36H49N3O9S2. The van der Waals surface area contributed by atoms with Gasteiger partial charge in [-0.05, 0) is 94.6 Å². The van der Waals surface area contributed by atoms with Crippen molar-refractivity contribution in [1.29, 1.82) is 0 Å². The van der Waals surface area contributed by atoms with E-state index >= 15 is 0 Å². The van der Waals surface area contributed by atoms with Crippen LogP contribution in [0, 0.1) is 12.8 Å². The fourth-order valence-corrected chi connectivity index (χ4v) is 7.89. The minimum atomic E-state index is -3.96. The highest BCUT2D eigenvalue weighted by atomic mass is 32.2. The molecule has 0 fully saturated rings. The number of likely N-dealkylation sites (N-methyl/N-ethyl adjacent to an activating group) is 1. The van der Waals surface area contributed by atoms with Crippen LogP contribution in [0.4, 0.5) is 5.69 Å². The third kappa shape index (κ3) is 9.75. The lowest BCUT2D eigenvalue weighted by Crippen LogP contribution is -2.48. The molecule has 1 aliphatic heterocycles. The first-order valence-corrected chi connectivity index (χ1v) is 19.6. The van der Waals surface area contributed by atoms with E-state index in [1.54, 1.807) is 43.3 Å². The number of amides is 1. The number of aliphatic hydroxyl groups excluding tert-OH is 1. The quantitative estimate of drug-likeness (QED) is 0.296. The molecule has 50 heavy (non-hydrogen) atoms. The molecule has 0 radical (unpaired) electrons. The first-order valence-electron chi connectivity index (χ1n) is 16.7. The Morgan fingerprint density at radius 1 is 1.00 bits per heavy atom. The normalized spacial score (nSPS) is 20.4. The molecule has 274 valence electrons. The van der Waals surface area contributed by atoms with Crippen LogP contribution in [0.5, 0.6) is 11.5 Å². The number of sulfonamides is 2. The number of benzene rings is 3. The summed E-state index contributed by atoms with van der Waals surface area (Å²) >= 11 is 0. The van der Waals surface area contributed by atoms with Crippen molar-refractivity contribution in [1.82, 2.24) is 9.21 Å². The van der Waals surface area contributed by atoms with E-state index in [1.807, 2.05) is 20.8 Å². The Bertz CT molecular complexity index is 1800. The number of rotatable bonds is 10. The number of hydrogen-bond acceptors (Lipinski definition) is 9. The van der Waals surface area contributed by atoms with Gasteiger partial charge >= 0.3 is 0 Å². The number of anilines is 1. The lowest BCUT2D eigenvalue weighted by Gasteiger charge is -2.35.